The molecule has 0 aromatic carbocycles. The molecule has 0 spiro atoms. The first-order valence-corrected chi connectivity index (χ1v) is 10.8. The van der Waals surface area contributed by atoms with E-state index >= 15 is 0 Å². The number of halogens is 6. The van der Waals surface area contributed by atoms with Crippen LogP contribution in [0.4, 0.5) is 31.1 Å². The number of imidazole rings is 2. The average Bonchev–Trinajstić information content (AvgIpc) is 3.28. The Bertz CT molecular complexity index is 1020. The second-order valence-electron chi connectivity index (χ2n) is 5.38. The number of nitrogens with zero attached hydrogens (tertiary/aromatic N) is 4. The predicted molar refractivity (Wildman–Crippen MR) is 88.3 cm³/mol. The third-order valence-corrected chi connectivity index (χ3v) is 4.26. The Balaban J connectivity index is 0.000000510. The van der Waals surface area contributed by atoms with Crippen molar-refractivity contribution in [1.82, 2.24) is 9.13 Å². The zero-order valence-electron chi connectivity index (χ0n) is 16.1. The van der Waals surface area contributed by atoms with Gasteiger partial charge in [-0.2, -0.15) is 31.1 Å². The molecule has 0 fully saturated rings. The Morgan fingerprint density at radius 2 is 1.03 bits per heavy atom. The van der Waals surface area contributed by atoms with Gasteiger partial charge in [0.05, 0.1) is 6.20 Å². The van der Waals surface area contributed by atoms with Crippen LogP contribution in [-0.2, 0) is 33.3 Å². The molecule has 0 unspecified atom stereocenters. The van der Waals surface area contributed by atoms with Gasteiger partial charge in [0.2, 0.25) is 6.33 Å². The Kier molecular flexibility index (Phi) is 10.0. The Labute approximate surface area is 177 Å². The van der Waals surface area contributed by atoms with E-state index in [1.165, 1.54) is 0 Å². The number of aromatic nitrogens is 4. The first kappa shape index (κ1) is 29.5. The van der Waals surface area contributed by atoms with Crippen molar-refractivity contribution in [3.8, 4) is 0 Å². The number of carbonyl (C=O) groups excluding carboxylic acids is 1. The van der Waals surface area contributed by atoms with Crippen molar-refractivity contribution < 1.29 is 66.2 Å². The van der Waals surface area contributed by atoms with E-state index in [1.807, 2.05) is 35.4 Å². The lowest BCUT2D eigenvalue weighted by molar-refractivity contribution is -0.720. The molecular formula is C13H16F6N4O7S2. The lowest BCUT2D eigenvalue weighted by atomic mass is 10.7. The highest BCUT2D eigenvalue weighted by molar-refractivity contribution is 7.86. The first-order chi connectivity index (χ1) is 14.2. The van der Waals surface area contributed by atoms with Crippen molar-refractivity contribution in [1.29, 1.82) is 0 Å². The Morgan fingerprint density at radius 3 is 1.19 bits per heavy atom. The maximum absolute atomic E-state index is 12.0. The second-order valence-corrected chi connectivity index (χ2v) is 8.13. The lowest BCUT2D eigenvalue weighted by Crippen LogP contribution is -2.58. The minimum atomic E-state index is -6.09. The summed E-state index contributed by atoms with van der Waals surface area (Å²) in [5.41, 5.74) is -11.3. The molecule has 2 heterocycles. The van der Waals surface area contributed by atoms with E-state index in [9.17, 15) is 31.1 Å². The molecule has 32 heavy (non-hydrogen) atoms. The maximum atomic E-state index is 12.0. The summed E-state index contributed by atoms with van der Waals surface area (Å²) in [4.78, 5) is 12.0. The van der Waals surface area contributed by atoms with E-state index in [1.54, 1.807) is 34.2 Å². The summed E-state index contributed by atoms with van der Waals surface area (Å²) >= 11 is 0. The average molecular weight is 518 g/mol. The van der Waals surface area contributed by atoms with Gasteiger partial charge in [-0.3, -0.25) is 0 Å². The topological polar surface area (TPSA) is 149 Å². The number of alkyl halides is 6. The molecule has 0 aliphatic rings. The largest absolute Gasteiger partial charge is 0.741 e. The van der Waals surface area contributed by atoms with Crippen molar-refractivity contribution in [2.45, 2.75) is 38.0 Å². The molecule has 0 saturated carbocycles. The lowest BCUT2D eigenvalue weighted by Gasteiger charge is -2.08. The molecule has 0 aliphatic carbocycles. The number of hydrogen-bond donors (Lipinski definition) is 0. The third-order valence-electron chi connectivity index (χ3n) is 3.12. The Morgan fingerprint density at radius 1 is 0.781 bits per heavy atom. The quantitative estimate of drug-likeness (QED) is 0.244. The van der Waals surface area contributed by atoms with Crippen LogP contribution in [0.3, 0.4) is 0 Å². The highest BCUT2D eigenvalue weighted by atomic mass is 32.2. The molecule has 0 aliphatic heterocycles. The van der Waals surface area contributed by atoms with E-state index in [-0.39, 0.29) is 6.03 Å². The van der Waals surface area contributed by atoms with Gasteiger partial charge in [-0.25, -0.2) is 21.4 Å². The van der Waals surface area contributed by atoms with Gasteiger partial charge in [0, 0.05) is 6.54 Å². The molecule has 2 rings (SSSR count). The van der Waals surface area contributed by atoms with Crippen LogP contribution in [0.25, 0.3) is 0 Å². The normalized spacial score (nSPS) is 12.3. The fraction of sp³-hybridized carbons (Fsp3) is 0.462. The number of hydrogen-bond acceptors (Lipinski definition) is 7. The first-order valence-electron chi connectivity index (χ1n) is 7.97. The van der Waals surface area contributed by atoms with Gasteiger partial charge in [0.15, 0.2) is 32.6 Å². The van der Waals surface area contributed by atoms with Crippen LogP contribution in [0.2, 0.25) is 0 Å². The predicted octanol–water partition coefficient (Wildman–Crippen LogP) is 0.524. The Hall–Kier alpha value is -2.51. The van der Waals surface area contributed by atoms with Crippen LogP contribution in [0.15, 0.2) is 37.4 Å². The van der Waals surface area contributed by atoms with Crippen molar-refractivity contribution in [3.63, 3.8) is 0 Å². The molecule has 0 radical (unpaired) electrons. The highest BCUT2D eigenvalue weighted by Gasteiger charge is 2.37. The third kappa shape index (κ3) is 9.32. The standard InChI is InChI=1S/C11H16N4O.2CHF3O3S/c1-3-12-5-7-14(9-12)11(16)15-8-6-13(4-2)10-15;2*2-1(3,4)8(5,6)7/h5-10H,3-4H2,1-2H3;2*(H,5,6,7)/q+2;;/p-2. The van der Waals surface area contributed by atoms with Crippen LogP contribution < -0.4 is 9.13 Å². The maximum Gasteiger partial charge on any atom is 0.570 e. The summed E-state index contributed by atoms with van der Waals surface area (Å²) < 4.78 is 125. The van der Waals surface area contributed by atoms with E-state index < -0.39 is 31.3 Å². The van der Waals surface area contributed by atoms with Crippen LogP contribution >= 0.6 is 0 Å². The molecule has 0 atom stereocenters. The molecular weight excluding hydrogens is 502 g/mol. The van der Waals surface area contributed by atoms with Gasteiger partial charge < -0.3 is 13.7 Å². The zero-order chi connectivity index (χ0) is 25.5. The van der Waals surface area contributed by atoms with Crippen molar-refractivity contribution in [2.75, 3.05) is 0 Å². The number of aryl methyl sites for hydroxylation is 2. The minimum absolute atomic E-state index is 0.0700. The van der Waals surface area contributed by atoms with Crippen LogP contribution in [0, 0.1) is 0 Å². The van der Waals surface area contributed by atoms with E-state index in [0.29, 0.717) is 0 Å². The summed E-state index contributed by atoms with van der Waals surface area (Å²) in [6, 6.07) is -0.0700. The van der Waals surface area contributed by atoms with Crippen LogP contribution in [-0.4, -0.2) is 52.1 Å². The van der Waals surface area contributed by atoms with Crippen molar-refractivity contribution in [2.24, 2.45) is 0 Å². The van der Waals surface area contributed by atoms with Gasteiger partial charge in [0.1, 0.15) is 12.7 Å². The van der Waals surface area contributed by atoms with Gasteiger partial charge >= 0.3 is 23.4 Å². The van der Waals surface area contributed by atoms with E-state index in [4.69, 9.17) is 25.9 Å². The smallest absolute Gasteiger partial charge is 0.570 e. The molecule has 19 heteroatoms. The second kappa shape index (κ2) is 10.9. The summed E-state index contributed by atoms with van der Waals surface area (Å²) in [6.45, 7) is 5.80. The zero-order valence-corrected chi connectivity index (χ0v) is 17.7. The van der Waals surface area contributed by atoms with Gasteiger partial charge in [-0.05, 0) is 13.8 Å². The van der Waals surface area contributed by atoms with Crippen molar-refractivity contribution >= 4 is 26.3 Å². The molecule has 184 valence electrons. The van der Waals surface area contributed by atoms with Crippen LogP contribution in [0.1, 0.15) is 13.8 Å². The molecule has 2 aromatic rings. The minimum Gasteiger partial charge on any atom is -0.741 e. The van der Waals surface area contributed by atoms with Gasteiger partial charge in [-0.1, -0.05) is 4.57 Å². The van der Waals surface area contributed by atoms with Crippen molar-refractivity contribution in [3.05, 3.63) is 37.4 Å². The molecule has 0 amide bonds. The fourth-order valence-corrected chi connectivity index (χ4v) is 1.52. The van der Waals surface area contributed by atoms with Gasteiger partial charge in [-0.15, -0.1) is 4.57 Å². The molecule has 2 aromatic heterocycles. The molecule has 0 bridgehead atoms. The highest BCUT2D eigenvalue weighted by Crippen LogP contribution is 2.21. The summed E-state index contributed by atoms with van der Waals surface area (Å²) in [5.74, 6) is 0. The van der Waals surface area contributed by atoms with Gasteiger partial charge in [0.25, 0.3) is 0 Å². The number of rotatable bonds is 2. The number of carbonyl (C=O) groups is 1. The molecule has 0 N–H and O–H groups in total. The monoisotopic (exact) mass is 518 g/mol. The molecule has 0 saturated heterocycles. The fourth-order valence-electron chi connectivity index (χ4n) is 1.52. The van der Waals surface area contributed by atoms with E-state index in [0.717, 1.165) is 13.1 Å². The van der Waals surface area contributed by atoms with E-state index in [2.05, 4.69) is 0 Å². The van der Waals surface area contributed by atoms with Crippen LogP contribution in [0.5, 0.6) is 0 Å². The summed E-state index contributed by atoms with van der Waals surface area (Å²) in [5, 5.41) is 0. The summed E-state index contributed by atoms with van der Waals surface area (Å²) in [7, 11) is -12.2. The molecule has 11 nitrogen and oxygen atoms in total. The summed E-state index contributed by atoms with van der Waals surface area (Å²) in [6.07, 6.45) is 10.9. The SMILES string of the molecule is CCn1cc[n+](C(=O)[n+]2ccn(CC)c2)c1.O=S(=O)([O-])C(F)(F)F.O=S(=O)([O-])C(F)(F)F.